The van der Waals surface area contributed by atoms with Gasteiger partial charge in [0.05, 0.1) is 6.07 Å². The molecule has 4 nitrogen and oxygen atoms in total. The molecule has 1 aromatic carbocycles. The van der Waals surface area contributed by atoms with E-state index in [4.69, 9.17) is 4.74 Å². The Labute approximate surface area is 127 Å². The lowest BCUT2D eigenvalue weighted by Crippen LogP contribution is -2.44. The smallest absolute Gasteiger partial charge is 0.243 e. The zero-order valence-corrected chi connectivity index (χ0v) is 13.0. The van der Waals surface area contributed by atoms with Crippen molar-refractivity contribution in [3.05, 3.63) is 34.3 Å². The van der Waals surface area contributed by atoms with Crippen LogP contribution in [0.25, 0.3) is 0 Å². The summed E-state index contributed by atoms with van der Waals surface area (Å²) in [6.07, 6.45) is 0.950. The molecule has 0 N–H and O–H groups in total. The number of nitriles is 1. The summed E-state index contributed by atoms with van der Waals surface area (Å²) in [5.41, 5.74) is 0.109. The van der Waals surface area contributed by atoms with E-state index in [-0.39, 0.29) is 5.91 Å². The van der Waals surface area contributed by atoms with Crippen molar-refractivity contribution in [2.45, 2.75) is 19.4 Å². The number of carbonyl (C=O) groups is 1. The van der Waals surface area contributed by atoms with Gasteiger partial charge >= 0.3 is 0 Å². The third-order valence-electron chi connectivity index (χ3n) is 3.68. The molecular weight excluding hydrogens is 320 g/mol. The topological polar surface area (TPSA) is 53.3 Å². The van der Waals surface area contributed by atoms with Crippen LogP contribution in [0.1, 0.15) is 18.4 Å². The maximum atomic E-state index is 12.6. The highest BCUT2D eigenvalue weighted by Gasteiger charge is 2.42. The van der Waals surface area contributed by atoms with Crippen molar-refractivity contribution in [2.75, 3.05) is 20.3 Å². The molecule has 2 rings (SSSR count). The minimum Gasteiger partial charge on any atom is -0.381 e. The van der Waals surface area contributed by atoms with Gasteiger partial charge < -0.3 is 9.64 Å². The van der Waals surface area contributed by atoms with Crippen LogP contribution in [0.3, 0.4) is 0 Å². The van der Waals surface area contributed by atoms with E-state index in [1.165, 1.54) is 0 Å². The molecule has 1 aromatic rings. The molecule has 0 saturated carbocycles. The van der Waals surface area contributed by atoms with Crippen LogP contribution in [0.2, 0.25) is 0 Å². The van der Waals surface area contributed by atoms with E-state index in [2.05, 4.69) is 22.0 Å². The van der Waals surface area contributed by atoms with Crippen molar-refractivity contribution < 1.29 is 9.53 Å². The van der Waals surface area contributed by atoms with Crippen molar-refractivity contribution >= 4 is 21.8 Å². The molecule has 20 heavy (non-hydrogen) atoms. The zero-order chi connectivity index (χ0) is 14.6. The maximum Gasteiger partial charge on any atom is 0.243 e. The molecule has 0 unspecified atom stereocenters. The van der Waals surface area contributed by atoms with E-state index in [0.29, 0.717) is 32.6 Å². The Kier molecular flexibility index (Phi) is 4.79. The molecule has 0 bridgehead atoms. The SMILES string of the molecule is CN(Cc1ccccc1Br)C(=O)C1(C#N)CCOCC1. The Morgan fingerprint density at radius 3 is 2.70 bits per heavy atom. The second kappa shape index (κ2) is 6.38. The molecule has 1 aliphatic rings. The van der Waals surface area contributed by atoms with Gasteiger partial charge in [-0.1, -0.05) is 34.1 Å². The Bertz CT molecular complexity index is 533. The summed E-state index contributed by atoms with van der Waals surface area (Å²) < 4.78 is 6.23. The van der Waals surface area contributed by atoms with Gasteiger partial charge in [-0.3, -0.25) is 4.79 Å². The van der Waals surface area contributed by atoms with Crippen LogP contribution in [0.5, 0.6) is 0 Å². The summed E-state index contributed by atoms with van der Waals surface area (Å²) in [7, 11) is 1.75. The number of halogens is 1. The molecule has 1 heterocycles. The van der Waals surface area contributed by atoms with E-state index in [1.54, 1.807) is 11.9 Å². The molecular formula is C15H17BrN2O2. The first kappa shape index (κ1) is 15.0. The zero-order valence-electron chi connectivity index (χ0n) is 11.4. The van der Waals surface area contributed by atoms with Crippen LogP contribution in [-0.4, -0.2) is 31.1 Å². The predicted octanol–water partition coefficient (Wildman–Crippen LogP) is 2.73. The number of ether oxygens (including phenoxy) is 1. The lowest BCUT2D eigenvalue weighted by atomic mass is 9.80. The largest absolute Gasteiger partial charge is 0.381 e. The maximum absolute atomic E-state index is 12.6. The first-order valence-electron chi connectivity index (χ1n) is 6.57. The summed E-state index contributed by atoms with van der Waals surface area (Å²) in [5, 5.41) is 9.42. The minimum absolute atomic E-state index is 0.112. The van der Waals surface area contributed by atoms with E-state index in [1.807, 2.05) is 24.3 Å². The second-order valence-electron chi connectivity index (χ2n) is 5.06. The van der Waals surface area contributed by atoms with Crippen molar-refractivity contribution in [3.63, 3.8) is 0 Å². The standard InChI is InChI=1S/C15H17BrN2O2/c1-18(10-12-4-2-3-5-13(12)16)14(19)15(11-17)6-8-20-9-7-15/h2-5H,6-10H2,1H3. The van der Waals surface area contributed by atoms with Crippen LogP contribution in [0.4, 0.5) is 0 Å². The third-order valence-corrected chi connectivity index (χ3v) is 4.46. The predicted molar refractivity (Wildman–Crippen MR) is 78.7 cm³/mol. The molecule has 5 heteroatoms. The first-order valence-corrected chi connectivity index (χ1v) is 7.36. The molecule has 1 amide bonds. The molecule has 0 spiro atoms. The summed E-state index contributed by atoms with van der Waals surface area (Å²) in [4.78, 5) is 14.2. The summed E-state index contributed by atoms with van der Waals surface area (Å²) in [6, 6.07) is 10.0. The van der Waals surface area contributed by atoms with Gasteiger partial charge in [-0.2, -0.15) is 5.26 Å². The Morgan fingerprint density at radius 2 is 2.10 bits per heavy atom. The monoisotopic (exact) mass is 336 g/mol. The van der Waals surface area contributed by atoms with E-state index in [0.717, 1.165) is 10.0 Å². The van der Waals surface area contributed by atoms with Crippen molar-refractivity contribution in [1.82, 2.24) is 4.90 Å². The fourth-order valence-corrected chi connectivity index (χ4v) is 2.82. The van der Waals surface area contributed by atoms with Crippen molar-refractivity contribution in [3.8, 4) is 6.07 Å². The van der Waals surface area contributed by atoms with E-state index >= 15 is 0 Å². The highest BCUT2D eigenvalue weighted by atomic mass is 79.9. The molecule has 1 aliphatic heterocycles. The molecule has 1 saturated heterocycles. The number of benzene rings is 1. The number of hydrogen-bond acceptors (Lipinski definition) is 3. The average molecular weight is 337 g/mol. The second-order valence-corrected chi connectivity index (χ2v) is 5.91. The highest BCUT2D eigenvalue weighted by Crippen LogP contribution is 2.32. The minimum atomic E-state index is -0.922. The Morgan fingerprint density at radius 1 is 1.45 bits per heavy atom. The molecule has 0 atom stereocenters. The average Bonchev–Trinajstić information content (AvgIpc) is 2.49. The normalized spacial score (nSPS) is 17.2. The summed E-state index contributed by atoms with van der Waals surface area (Å²) >= 11 is 3.48. The van der Waals surface area contributed by atoms with Gasteiger partial charge in [0, 0.05) is 31.3 Å². The molecule has 0 aromatic heterocycles. The van der Waals surface area contributed by atoms with Gasteiger partial charge in [-0.05, 0) is 24.5 Å². The number of rotatable bonds is 3. The fraction of sp³-hybridized carbons (Fsp3) is 0.467. The number of hydrogen-bond donors (Lipinski definition) is 0. The van der Waals surface area contributed by atoms with Gasteiger partial charge in [0.2, 0.25) is 5.91 Å². The first-order chi connectivity index (χ1) is 9.59. The lowest BCUT2D eigenvalue weighted by molar-refractivity contribution is -0.142. The number of amides is 1. The van der Waals surface area contributed by atoms with Crippen LogP contribution in [-0.2, 0) is 16.1 Å². The number of nitrogens with zero attached hydrogens (tertiary/aromatic N) is 2. The lowest BCUT2D eigenvalue weighted by Gasteiger charge is -2.33. The van der Waals surface area contributed by atoms with Crippen molar-refractivity contribution in [2.24, 2.45) is 5.41 Å². The molecule has 0 radical (unpaired) electrons. The van der Waals surface area contributed by atoms with Gasteiger partial charge in [0.1, 0.15) is 5.41 Å². The van der Waals surface area contributed by atoms with E-state index < -0.39 is 5.41 Å². The van der Waals surface area contributed by atoms with Crippen LogP contribution >= 0.6 is 15.9 Å². The molecule has 1 fully saturated rings. The summed E-state index contributed by atoms with van der Waals surface area (Å²) in [5.74, 6) is -0.112. The van der Waals surface area contributed by atoms with E-state index in [9.17, 15) is 10.1 Å². The van der Waals surface area contributed by atoms with Crippen LogP contribution in [0.15, 0.2) is 28.7 Å². The van der Waals surface area contributed by atoms with Crippen LogP contribution in [0, 0.1) is 16.7 Å². The quantitative estimate of drug-likeness (QED) is 0.852. The molecule has 106 valence electrons. The number of carbonyl (C=O) groups excluding carboxylic acids is 1. The molecule has 0 aliphatic carbocycles. The third kappa shape index (κ3) is 3.02. The van der Waals surface area contributed by atoms with Crippen molar-refractivity contribution in [1.29, 1.82) is 5.26 Å². The van der Waals surface area contributed by atoms with Gasteiger partial charge in [0.25, 0.3) is 0 Å². The van der Waals surface area contributed by atoms with Gasteiger partial charge in [-0.15, -0.1) is 0 Å². The Hall–Kier alpha value is -1.38. The summed E-state index contributed by atoms with van der Waals surface area (Å²) in [6.45, 7) is 1.44. The Balaban J connectivity index is 2.12. The highest BCUT2D eigenvalue weighted by molar-refractivity contribution is 9.10. The van der Waals surface area contributed by atoms with Gasteiger partial charge in [-0.25, -0.2) is 0 Å². The van der Waals surface area contributed by atoms with Gasteiger partial charge in [0.15, 0.2) is 0 Å². The van der Waals surface area contributed by atoms with Crippen LogP contribution < -0.4 is 0 Å². The fourth-order valence-electron chi connectivity index (χ4n) is 2.41.